The molecule has 0 fully saturated rings. The third-order valence-corrected chi connectivity index (χ3v) is 4.09. The number of aryl methyl sites for hydroxylation is 1. The van der Waals surface area contributed by atoms with Crippen LogP contribution in [0.25, 0.3) is 0 Å². The Morgan fingerprint density at radius 3 is 2.34 bits per heavy atom. The molecule has 0 atom stereocenters. The quantitative estimate of drug-likeness (QED) is 0.348. The lowest BCUT2D eigenvalue weighted by Crippen LogP contribution is -2.19. The Labute approximate surface area is 169 Å². The van der Waals surface area contributed by atoms with Crippen molar-refractivity contribution in [2.75, 3.05) is 11.9 Å². The molecule has 1 amide bonds. The lowest BCUT2D eigenvalue weighted by molar-refractivity contribution is -0.120. The zero-order valence-corrected chi connectivity index (χ0v) is 16.2. The third-order valence-electron chi connectivity index (χ3n) is 4.09. The van der Waals surface area contributed by atoms with Gasteiger partial charge < -0.3 is 20.6 Å². The highest BCUT2D eigenvalue weighted by molar-refractivity contribution is 5.97. The number of amidine groups is 1. The molecule has 0 bridgehead atoms. The van der Waals surface area contributed by atoms with Crippen molar-refractivity contribution in [1.82, 2.24) is 0 Å². The van der Waals surface area contributed by atoms with Gasteiger partial charge in [0, 0.05) is 11.3 Å². The van der Waals surface area contributed by atoms with Crippen molar-refractivity contribution in [2.45, 2.75) is 13.5 Å². The fourth-order valence-corrected chi connectivity index (χ4v) is 2.51. The molecule has 0 heterocycles. The molecular formula is C23H23N3O3. The first kappa shape index (κ1) is 19.9. The van der Waals surface area contributed by atoms with Gasteiger partial charge in [-0.25, -0.2) is 0 Å². The summed E-state index contributed by atoms with van der Waals surface area (Å²) >= 11 is 0. The molecule has 0 saturated carbocycles. The molecule has 3 rings (SSSR count). The van der Waals surface area contributed by atoms with Crippen LogP contribution in [0.15, 0.2) is 84.0 Å². The fourth-order valence-electron chi connectivity index (χ4n) is 2.51. The second-order valence-corrected chi connectivity index (χ2v) is 6.46. The lowest BCUT2D eigenvalue weighted by Gasteiger charge is -2.07. The summed E-state index contributed by atoms with van der Waals surface area (Å²) in [6, 6.07) is 24.6. The predicted octanol–water partition coefficient (Wildman–Crippen LogP) is 3.85. The van der Waals surface area contributed by atoms with Crippen LogP contribution in [0.4, 0.5) is 5.69 Å². The molecule has 3 aromatic carbocycles. The van der Waals surface area contributed by atoms with Crippen LogP contribution in [-0.2, 0) is 16.2 Å². The first-order chi connectivity index (χ1) is 14.1. The number of nitrogens with zero attached hydrogens (tertiary/aromatic N) is 1. The number of anilines is 1. The molecular weight excluding hydrogens is 366 g/mol. The van der Waals surface area contributed by atoms with E-state index in [1.165, 1.54) is 0 Å². The molecule has 0 aliphatic carbocycles. The maximum atomic E-state index is 11.9. The van der Waals surface area contributed by atoms with E-state index in [2.05, 4.69) is 10.5 Å². The van der Waals surface area contributed by atoms with Crippen LogP contribution < -0.4 is 15.8 Å². The maximum Gasteiger partial charge on any atom is 0.265 e. The number of oxime groups is 1. The number of nitrogens with two attached hydrogens (primary N) is 1. The van der Waals surface area contributed by atoms with E-state index in [1.807, 2.05) is 73.7 Å². The van der Waals surface area contributed by atoms with E-state index in [0.29, 0.717) is 17.9 Å². The molecule has 6 heteroatoms. The molecule has 3 aromatic rings. The lowest BCUT2D eigenvalue weighted by atomic mass is 10.2. The largest absolute Gasteiger partial charge is 0.489 e. The Morgan fingerprint density at radius 1 is 0.966 bits per heavy atom. The molecule has 0 aromatic heterocycles. The number of ether oxygens (including phenoxy) is 1. The normalized spacial score (nSPS) is 11.0. The zero-order chi connectivity index (χ0) is 20.5. The van der Waals surface area contributed by atoms with Gasteiger partial charge >= 0.3 is 0 Å². The van der Waals surface area contributed by atoms with Crippen LogP contribution in [0.2, 0.25) is 0 Å². The predicted molar refractivity (Wildman–Crippen MR) is 114 cm³/mol. The first-order valence-corrected chi connectivity index (χ1v) is 9.19. The number of benzene rings is 3. The van der Waals surface area contributed by atoms with Gasteiger partial charge in [-0.05, 0) is 48.9 Å². The van der Waals surface area contributed by atoms with E-state index in [-0.39, 0.29) is 18.3 Å². The van der Waals surface area contributed by atoms with E-state index < -0.39 is 0 Å². The molecule has 0 saturated heterocycles. The average Bonchev–Trinajstić information content (AvgIpc) is 2.75. The second kappa shape index (κ2) is 9.94. The van der Waals surface area contributed by atoms with E-state index in [9.17, 15) is 4.79 Å². The molecule has 148 valence electrons. The second-order valence-electron chi connectivity index (χ2n) is 6.46. The number of hydrogen-bond donors (Lipinski definition) is 2. The third kappa shape index (κ3) is 6.39. The van der Waals surface area contributed by atoms with Gasteiger partial charge in [-0.15, -0.1) is 0 Å². The highest BCUT2D eigenvalue weighted by atomic mass is 16.6. The van der Waals surface area contributed by atoms with Gasteiger partial charge in [0.05, 0.1) is 0 Å². The van der Waals surface area contributed by atoms with Crippen LogP contribution in [0.5, 0.6) is 5.75 Å². The smallest absolute Gasteiger partial charge is 0.265 e. The summed E-state index contributed by atoms with van der Waals surface area (Å²) in [6.07, 6.45) is 0. The summed E-state index contributed by atoms with van der Waals surface area (Å²) in [5.74, 6) is 0.599. The van der Waals surface area contributed by atoms with Crippen LogP contribution >= 0.6 is 0 Å². The number of nitrogens with one attached hydrogen (secondary N) is 1. The highest BCUT2D eigenvalue weighted by Gasteiger charge is 2.04. The summed E-state index contributed by atoms with van der Waals surface area (Å²) < 4.78 is 5.74. The van der Waals surface area contributed by atoms with Crippen LogP contribution in [0.3, 0.4) is 0 Å². The zero-order valence-electron chi connectivity index (χ0n) is 16.2. The topological polar surface area (TPSA) is 85.9 Å². The molecule has 29 heavy (non-hydrogen) atoms. The monoisotopic (exact) mass is 389 g/mol. The SMILES string of the molecule is Cc1ccc(NC(=O)CO/N=C(\N)c2ccc(OCc3ccccc3)cc2)cc1. The summed E-state index contributed by atoms with van der Waals surface area (Å²) in [4.78, 5) is 16.9. The van der Waals surface area contributed by atoms with Gasteiger partial charge in [0.25, 0.3) is 5.91 Å². The summed E-state index contributed by atoms with van der Waals surface area (Å²) in [5.41, 5.74) is 9.51. The first-order valence-electron chi connectivity index (χ1n) is 9.19. The Kier molecular flexibility index (Phi) is 6.84. The standard InChI is InChI=1S/C23H23N3O3/c1-17-7-11-20(12-8-17)25-22(27)16-29-26-23(24)19-9-13-21(14-10-19)28-15-18-5-3-2-4-6-18/h2-14H,15-16H2,1H3,(H2,24,26)(H,25,27). The Bertz CT molecular complexity index is 953. The van der Waals surface area contributed by atoms with Crippen LogP contribution in [0.1, 0.15) is 16.7 Å². The molecule has 0 unspecified atom stereocenters. The summed E-state index contributed by atoms with van der Waals surface area (Å²) in [5, 5.41) is 6.53. The van der Waals surface area contributed by atoms with E-state index in [4.69, 9.17) is 15.3 Å². The summed E-state index contributed by atoms with van der Waals surface area (Å²) in [7, 11) is 0. The molecule has 3 N–H and O–H groups in total. The van der Waals surface area contributed by atoms with Gasteiger partial charge in [0.1, 0.15) is 12.4 Å². The number of amides is 1. The molecule has 0 aliphatic rings. The van der Waals surface area contributed by atoms with Crippen LogP contribution in [-0.4, -0.2) is 18.3 Å². The molecule has 0 aliphatic heterocycles. The Balaban J connectivity index is 1.46. The molecule has 0 radical (unpaired) electrons. The highest BCUT2D eigenvalue weighted by Crippen LogP contribution is 2.14. The number of rotatable bonds is 8. The minimum atomic E-state index is -0.310. The fraction of sp³-hybridized carbons (Fsp3) is 0.130. The van der Waals surface area contributed by atoms with E-state index in [0.717, 1.165) is 16.9 Å². The van der Waals surface area contributed by atoms with Crippen molar-refractivity contribution in [3.63, 3.8) is 0 Å². The van der Waals surface area contributed by atoms with Gasteiger partial charge in [-0.1, -0.05) is 53.2 Å². The van der Waals surface area contributed by atoms with Crippen molar-refractivity contribution in [1.29, 1.82) is 0 Å². The van der Waals surface area contributed by atoms with Crippen molar-refractivity contribution in [3.8, 4) is 5.75 Å². The summed E-state index contributed by atoms with van der Waals surface area (Å²) in [6.45, 7) is 2.24. The maximum absolute atomic E-state index is 11.9. The molecule has 6 nitrogen and oxygen atoms in total. The van der Waals surface area contributed by atoms with Gasteiger partial charge in [-0.3, -0.25) is 4.79 Å². The van der Waals surface area contributed by atoms with Crippen molar-refractivity contribution < 1.29 is 14.4 Å². The van der Waals surface area contributed by atoms with Crippen molar-refractivity contribution >= 4 is 17.4 Å². The number of carbonyl (C=O) groups excluding carboxylic acids is 1. The van der Waals surface area contributed by atoms with Gasteiger partial charge in [0.15, 0.2) is 12.4 Å². The number of carbonyl (C=O) groups is 1. The van der Waals surface area contributed by atoms with E-state index in [1.54, 1.807) is 12.1 Å². The van der Waals surface area contributed by atoms with Gasteiger partial charge in [0.2, 0.25) is 0 Å². The van der Waals surface area contributed by atoms with Crippen molar-refractivity contribution in [3.05, 3.63) is 95.6 Å². The minimum absolute atomic E-state index is 0.183. The Morgan fingerprint density at radius 2 is 1.66 bits per heavy atom. The van der Waals surface area contributed by atoms with Crippen LogP contribution in [0, 0.1) is 6.92 Å². The minimum Gasteiger partial charge on any atom is -0.489 e. The average molecular weight is 389 g/mol. The molecule has 0 spiro atoms. The van der Waals surface area contributed by atoms with E-state index >= 15 is 0 Å². The van der Waals surface area contributed by atoms with Crippen molar-refractivity contribution in [2.24, 2.45) is 10.9 Å². The number of hydrogen-bond acceptors (Lipinski definition) is 4. The van der Waals surface area contributed by atoms with Gasteiger partial charge in [-0.2, -0.15) is 0 Å². The Hall–Kier alpha value is -3.80.